The fraction of sp³-hybridized carbons (Fsp3) is 0.222. The lowest BCUT2D eigenvalue weighted by atomic mass is 9.99. The molecule has 0 saturated carbocycles. The van der Waals surface area contributed by atoms with Crippen molar-refractivity contribution in [3.05, 3.63) is 58.1 Å². The summed E-state index contributed by atoms with van der Waals surface area (Å²) in [7, 11) is 0. The van der Waals surface area contributed by atoms with Crippen LogP contribution < -0.4 is 0 Å². The van der Waals surface area contributed by atoms with Crippen LogP contribution in [0.3, 0.4) is 0 Å². The lowest BCUT2D eigenvalue weighted by Crippen LogP contribution is -2.15. The molecule has 9 heteroatoms. The number of aromatic carboxylic acids is 1. The minimum absolute atomic E-state index is 0.146. The highest BCUT2D eigenvalue weighted by Gasteiger charge is 2.23. The first-order valence-electron chi connectivity index (χ1n) is 7.98. The Morgan fingerprint density at radius 1 is 1.44 bits per heavy atom. The Hall–Kier alpha value is -2.13. The van der Waals surface area contributed by atoms with E-state index in [0.717, 1.165) is 18.1 Å². The number of aliphatic hydroxyl groups is 1. The van der Waals surface area contributed by atoms with Crippen molar-refractivity contribution in [2.45, 2.75) is 19.4 Å². The van der Waals surface area contributed by atoms with Crippen LogP contribution in [0.2, 0.25) is 5.02 Å². The maximum atomic E-state index is 14.8. The summed E-state index contributed by atoms with van der Waals surface area (Å²) >= 11 is 6.79. The molecule has 0 aliphatic heterocycles. The lowest BCUT2D eigenvalue weighted by Gasteiger charge is -2.12. The van der Waals surface area contributed by atoms with E-state index in [1.165, 1.54) is 6.07 Å². The standard InChI is InChI=1S/C18H16ClFN2O4S/c1-9-4-10(18(24)25)5-13(20)16(9)17-14(7-12(23)8-27-26)22-3-2-11(19)6-15(22)21-17/h2-6,12,23,26H,7-8H2,1H3,(H,24,25)/p+1. The largest absolute Gasteiger partial charge is 0.478 e. The summed E-state index contributed by atoms with van der Waals surface area (Å²) in [5.74, 6) is -1.72. The molecule has 1 atom stereocenters. The van der Waals surface area contributed by atoms with Crippen molar-refractivity contribution in [2.75, 3.05) is 5.75 Å². The van der Waals surface area contributed by atoms with Crippen molar-refractivity contribution >= 4 is 35.3 Å². The number of fused-ring (bicyclic) bond motifs is 1. The number of halogens is 2. The Bertz CT molecular complexity index is 1000. The number of carbonyl (C=O) groups is 1. The Kier molecular flexibility index (Phi) is 5.71. The van der Waals surface area contributed by atoms with Gasteiger partial charge < -0.3 is 19.2 Å². The van der Waals surface area contributed by atoms with Gasteiger partial charge in [0.05, 0.1) is 28.8 Å². The zero-order valence-corrected chi connectivity index (χ0v) is 15.8. The third-order valence-corrected chi connectivity index (χ3v) is 4.95. The van der Waals surface area contributed by atoms with E-state index in [4.69, 9.17) is 21.3 Å². The van der Waals surface area contributed by atoms with Crippen LogP contribution in [0.5, 0.6) is 0 Å². The molecule has 0 bridgehead atoms. The predicted octanol–water partition coefficient (Wildman–Crippen LogP) is 3.08. The third-order valence-electron chi connectivity index (χ3n) is 4.16. The van der Waals surface area contributed by atoms with E-state index in [1.807, 2.05) is 0 Å². The molecule has 1 unspecified atom stereocenters. The number of aliphatic hydroxyl groups excluding tert-OH is 1. The number of carboxylic acid groups (broad SMARTS) is 1. The number of pyridine rings is 1. The minimum Gasteiger partial charge on any atom is -0.478 e. The van der Waals surface area contributed by atoms with Gasteiger partial charge in [0.15, 0.2) is 12.0 Å². The van der Waals surface area contributed by atoms with Crippen LogP contribution in [0, 0.1) is 12.7 Å². The van der Waals surface area contributed by atoms with E-state index in [9.17, 15) is 14.3 Å². The summed E-state index contributed by atoms with van der Waals surface area (Å²) in [6.07, 6.45) is 1.02. The molecule has 0 aliphatic rings. The first-order valence-corrected chi connectivity index (χ1v) is 9.35. The van der Waals surface area contributed by atoms with Gasteiger partial charge in [0.2, 0.25) is 0 Å². The van der Waals surface area contributed by atoms with Gasteiger partial charge in [-0.05, 0) is 30.7 Å². The normalized spacial score (nSPS) is 12.5. The monoisotopic (exact) mass is 411 g/mol. The molecule has 142 valence electrons. The first kappa shape index (κ1) is 19.6. The van der Waals surface area contributed by atoms with Gasteiger partial charge >= 0.3 is 5.97 Å². The number of imidazole rings is 1. The van der Waals surface area contributed by atoms with Gasteiger partial charge in [-0.3, -0.25) is 0 Å². The smallest absolute Gasteiger partial charge is 0.335 e. The predicted molar refractivity (Wildman–Crippen MR) is 103 cm³/mol. The average molecular weight is 412 g/mol. The summed E-state index contributed by atoms with van der Waals surface area (Å²) in [6.45, 7) is 1.61. The molecular weight excluding hydrogens is 395 g/mol. The van der Waals surface area contributed by atoms with Crippen LogP contribution in [0.25, 0.3) is 16.9 Å². The molecule has 0 saturated heterocycles. The average Bonchev–Trinajstić information content (AvgIpc) is 2.91. The second-order valence-corrected chi connectivity index (χ2v) is 7.16. The zero-order valence-electron chi connectivity index (χ0n) is 14.2. The van der Waals surface area contributed by atoms with E-state index in [2.05, 4.69) is 4.98 Å². The molecule has 0 amide bonds. The Balaban J connectivity index is 2.23. The summed E-state index contributed by atoms with van der Waals surface area (Å²) in [6, 6.07) is 5.63. The number of benzene rings is 1. The second kappa shape index (κ2) is 7.85. The Morgan fingerprint density at radius 3 is 2.81 bits per heavy atom. The van der Waals surface area contributed by atoms with Crippen molar-refractivity contribution in [1.82, 2.24) is 9.38 Å². The molecule has 6 nitrogen and oxygen atoms in total. The molecular formula is C18H17ClFN2O4S+. The minimum atomic E-state index is -1.21. The van der Waals surface area contributed by atoms with Crippen molar-refractivity contribution in [3.8, 4) is 11.3 Å². The van der Waals surface area contributed by atoms with Crippen molar-refractivity contribution in [1.29, 1.82) is 0 Å². The van der Waals surface area contributed by atoms with Gasteiger partial charge in [-0.1, -0.05) is 11.6 Å². The maximum Gasteiger partial charge on any atom is 0.335 e. The number of rotatable bonds is 6. The van der Waals surface area contributed by atoms with Gasteiger partial charge in [0.25, 0.3) is 0 Å². The molecule has 0 spiro atoms. The lowest BCUT2D eigenvalue weighted by molar-refractivity contribution is 0.0696. The van der Waals surface area contributed by atoms with Crippen LogP contribution in [0.15, 0.2) is 30.5 Å². The summed E-state index contributed by atoms with van der Waals surface area (Å²) < 4.78 is 23.7. The fourth-order valence-electron chi connectivity index (χ4n) is 3.01. The summed E-state index contributed by atoms with van der Waals surface area (Å²) in [4.78, 5) is 15.6. The molecule has 0 fully saturated rings. The van der Waals surface area contributed by atoms with Crippen LogP contribution in [-0.2, 0) is 6.42 Å². The molecule has 0 radical (unpaired) electrons. The van der Waals surface area contributed by atoms with E-state index in [-0.39, 0.29) is 23.3 Å². The van der Waals surface area contributed by atoms with Crippen LogP contribution in [-0.4, -0.2) is 42.0 Å². The highest BCUT2D eigenvalue weighted by molar-refractivity contribution is 7.93. The van der Waals surface area contributed by atoms with Crippen molar-refractivity contribution in [2.24, 2.45) is 0 Å². The molecule has 1 aromatic carbocycles. The SMILES string of the molecule is Cc1cc(C(=O)O)cc(F)c1-c1nc2cc(Cl)ccn2c1CC(O)CS[OH2+]. The van der Waals surface area contributed by atoms with Gasteiger partial charge in [-0.2, -0.15) is 0 Å². The van der Waals surface area contributed by atoms with Gasteiger partial charge in [0.1, 0.15) is 11.5 Å². The van der Waals surface area contributed by atoms with Gasteiger partial charge in [-0.25, -0.2) is 14.2 Å². The molecule has 3 rings (SSSR count). The van der Waals surface area contributed by atoms with Crippen LogP contribution in [0.4, 0.5) is 4.39 Å². The summed E-state index contributed by atoms with van der Waals surface area (Å²) in [5.41, 5.74) is 1.83. The first-order chi connectivity index (χ1) is 12.8. The topological polar surface area (TPSA) is 97.7 Å². The van der Waals surface area contributed by atoms with Gasteiger partial charge in [-0.15, -0.1) is 0 Å². The van der Waals surface area contributed by atoms with Crippen molar-refractivity contribution < 1.29 is 24.0 Å². The number of aryl methyl sites for hydroxylation is 1. The highest BCUT2D eigenvalue weighted by atomic mass is 35.5. The van der Waals surface area contributed by atoms with Crippen LogP contribution >= 0.6 is 23.6 Å². The molecule has 2 aromatic heterocycles. The third kappa shape index (κ3) is 3.93. The molecule has 0 aliphatic carbocycles. The maximum absolute atomic E-state index is 14.8. The Morgan fingerprint density at radius 2 is 2.19 bits per heavy atom. The second-order valence-electron chi connectivity index (χ2n) is 6.10. The number of hydrogen-bond acceptors (Lipinski definition) is 4. The number of carboxylic acids is 1. The summed E-state index contributed by atoms with van der Waals surface area (Å²) in [5, 5.41) is 19.8. The van der Waals surface area contributed by atoms with E-state index in [0.29, 0.717) is 27.6 Å². The number of nitrogens with zero attached hydrogens (tertiary/aromatic N) is 2. The van der Waals surface area contributed by atoms with E-state index < -0.39 is 17.9 Å². The molecule has 27 heavy (non-hydrogen) atoms. The van der Waals surface area contributed by atoms with Crippen molar-refractivity contribution in [3.63, 3.8) is 0 Å². The Labute approximate surface area is 163 Å². The fourth-order valence-corrected chi connectivity index (χ4v) is 3.48. The number of aromatic nitrogens is 2. The molecule has 4 N–H and O–H groups in total. The van der Waals surface area contributed by atoms with Gasteiger partial charge in [0, 0.05) is 29.3 Å². The van der Waals surface area contributed by atoms with E-state index in [1.54, 1.807) is 29.7 Å². The highest BCUT2D eigenvalue weighted by Crippen LogP contribution is 2.32. The van der Waals surface area contributed by atoms with E-state index >= 15 is 0 Å². The van der Waals surface area contributed by atoms with Crippen LogP contribution in [0.1, 0.15) is 21.6 Å². The number of hydrogen-bond donors (Lipinski definition) is 2. The molecule has 3 aromatic rings. The molecule has 2 heterocycles. The quantitative estimate of drug-likeness (QED) is 0.480. The zero-order chi connectivity index (χ0) is 19.7.